The van der Waals surface area contributed by atoms with Crippen molar-refractivity contribution < 1.29 is 42.1 Å². The van der Waals surface area contributed by atoms with Crippen LogP contribution in [0.3, 0.4) is 0 Å². The molecule has 1 saturated heterocycles. The number of benzene rings is 3. The number of fused-ring (bicyclic) bond motifs is 1. The SMILES string of the molecule is COc1ccc(CO[C@H]2[C@H](OCc3ccc(OC)cc3)[C@@H](CO[Si](C)(C)C(C)(C)C)O[C@@H](F)[C@@H]2N2C(=O)c3ccccc3C2=O)cc1. The number of hydrogen-bond donors (Lipinski definition) is 0. The molecular weight excluding hydrogens is 621 g/mol. The first-order chi connectivity index (χ1) is 22.3. The Labute approximate surface area is 277 Å². The molecule has 11 heteroatoms. The van der Waals surface area contributed by atoms with Crippen LogP contribution in [0.25, 0.3) is 0 Å². The topological polar surface area (TPSA) is 92.8 Å². The lowest BCUT2D eigenvalue weighted by Gasteiger charge is -2.47. The van der Waals surface area contributed by atoms with Gasteiger partial charge >= 0.3 is 0 Å². The predicted molar refractivity (Wildman–Crippen MR) is 177 cm³/mol. The summed E-state index contributed by atoms with van der Waals surface area (Å²) in [6, 6.07) is 19.7. The molecule has 0 spiro atoms. The van der Waals surface area contributed by atoms with Gasteiger partial charge in [-0.1, -0.05) is 57.2 Å². The molecule has 5 rings (SSSR count). The van der Waals surface area contributed by atoms with Crippen LogP contribution in [0.4, 0.5) is 4.39 Å². The summed E-state index contributed by atoms with van der Waals surface area (Å²) in [5.74, 6) is 0.160. The van der Waals surface area contributed by atoms with Crippen molar-refractivity contribution in [1.82, 2.24) is 4.90 Å². The van der Waals surface area contributed by atoms with E-state index in [-0.39, 0.29) is 36.0 Å². The molecule has 1 fully saturated rings. The van der Waals surface area contributed by atoms with E-state index in [2.05, 4.69) is 33.9 Å². The van der Waals surface area contributed by atoms with Crippen molar-refractivity contribution in [2.24, 2.45) is 0 Å². The van der Waals surface area contributed by atoms with Gasteiger partial charge in [-0.25, -0.2) is 4.39 Å². The maximum Gasteiger partial charge on any atom is 0.262 e. The molecule has 3 aromatic carbocycles. The summed E-state index contributed by atoms with van der Waals surface area (Å²) in [6.07, 6.45) is -4.98. The van der Waals surface area contributed by atoms with Gasteiger partial charge in [0.1, 0.15) is 35.9 Å². The second-order valence-electron chi connectivity index (χ2n) is 13.4. The van der Waals surface area contributed by atoms with Crippen molar-refractivity contribution in [3.63, 3.8) is 0 Å². The van der Waals surface area contributed by atoms with Crippen LogP contribution in [-0.2, 0) is 31.9 Å². The fourth-order valence-electron chi connectivity index (χ4n) is 5.49. The van der Waals surface area contributed by atoms with Crippen LogP contribution in [0.5, 0.6) is 11.5 Å². The molecule has 5 atom stereocenters. The molecule has 0 radical (unpaired) electrons. The zero-order valence-corrected chi connectivity index (χ0v) is 29.0. The van der Waals surface area contributed by atoms with Gasteiger partial charge in [0.15, 0.2) is 8.32 Å². The fourth-order valence-corrected chi connectivity index (χ4v) is 6.50. The van der Waals surface area contributed by atoms with Crippen molar-refractivity contribution in [3.8, 4) is 11.5 Å². The van der Waals surface area contributed by atoms with Gasteiger partial charge in [-0.3, -0.25) is 14.5 Å². The van der Waals surface area contributed by atoms with Gasteiger partial charge in [-0.15, -0.1) is 0 Å². The molecule has 47 heavy (non-hydrogen) atoms. The molecule has 3 aromatic rings. The Balaban J connectivity index is 1.51. The molecule has 0 aromatic heterocycles. The molecule has 2 amide bonds. The van der Waals surface area contributed by atoms with Crippen LogP contribution in [0.2, 0.25) is 18.1 Å². The highest BCUT2D eigenvalue weighted by atomic mass is 28.4. The minimum Gasteiger partial charge on any atom is -0.497 e. The number of rotatable bonds is 12. The maximum atomic E-state index is 16.5. The zero-order valence-electron chi connectivity index (χ0n) is 28.0. The summed E-state index contributed by atoms with van der Waals surface area (Å²) in [4.78, 5) is 28.3. The Morgan fingerprint density at radius 3 is 1.68 bits per heavy atom. The summed E-state index contributed by atoms with van der Waals surface area (Å²) in [5.41, 5.74) is 2.04. The molecule has 0 N–H and O–H groups in total. The van der Waals surface area contributed by atoms with Gasteiger partial charge in [0.05, 0.1) is 45.2 Å². The van der Waals surface area contributed by atoms with E-state index in [9.17, 15) is 9.59 Å². The average molecular weight is 666 g/mol. The fraction of sp³-hybridized carbons (Fsp3) is 0.444. The van der Waals surface area contributed by atoms with Gasteiger partial charge < -0.3 is 28.1 Å². The Hall–Kier alpha value is -3.61. The monoisotopic (exact) mass is 665 g/mol. The normalized spacial score (nSPS) is 23.1. The Morgan fingerprint density at radius 1 is 0.766 bits per heavy atom. The van der Waals surface area contributed by atoms with E-state index in [1.807, 2.05) is 36.4 Å². The molecule has 0 unspecified atom stereocenters. The average Bonchev–Trinajstić information content (AvgIpc) is 3.31. The summed E-state index contributed by atoms with van der Waals surface area (Å²) in [5, 5.41) is -0.108. The number of alkyl halides is 1. The second-order valence-corrected chi connectivity index (χ2v) is 18.2. The number of methoxy groups -OCH3 is 2. The lowest BCUT2D eigenvalue weighted by Crippen LogP contribution is -2.65. The maximum absolute atomic E-state index is 16.5. The first-order valence-corrected chi connectivity index (χ1v) is 18.6. The van der Waals surface area contributed by atoms with Gasteiger partial charge in [0.2, 0.25) is 6.36 Å². The van der Waals surface area contributed by atoms with E-state index in [1.165, 1.54) is 0 Å². The van der Waals surface area contributed by atoms with Crippen LogP contribution in [-0.4, -0.2) is 76.6 Å². The molecule has 0 bridgehead atoms. The van der Waals surface area contributed by atoms with E-state index in [0.29, 0.717) is 11.5 Å². The van der Waals surface area contributed by atoms with Crippen LogP contribution in [0.1, 0.15) is 52.6 Å². The Morgan fingerprint density at radius 2 is 1.23 bits per heavy atom. The van der Waals surface area contributed by atoms with Crippen LogP contribution < -0.4 is 9.47 Å². The highest BCUT2D eigenvalue weighted by Crippen LogP contribution is 2.39. The highest BCUT2D eigenvalue weighted by molar-refractivity contribution is 6.74. The van der Waals surface area contributed by atoms with E-state index in [0.717, 1.165) is 16.0 Å². The van der Waals surface area contributed by atoms with Gasteiger partial charge in [0, 0.05) is 0 Å². The molecule has 2 heterocycles. The molecular formula is C36H44FNO8Si. The Bertz CT molecular complexity index is 1510. The minimum absolute atomic E-state index is 0.0431. The molecule has 0 saturated carbocycles. The quantitative estimate of drug-likeness (QED) is 0.159. The first kappa shape index (κ1) is 34.7. The van der Waals surface area contributed by atoms with Gasteiger partial charge in [-0.2, -0.15) is 0 Å². The lowest BCUT2D eigenvalue weighted by atomic mass is 9.95. The van der Waals surface area contributed by atoms with Crippen LogP contribution >= 0.6 is 0 Å². The predicted octanol–water partition coefficient (Wildman–Crippen LogP) is 6.56. The largest absolute Gasteiger partial charge is 0.497 e. The zero-order chi connectivity index (χ0) is 33.9. The van der Waals surface area contributed by atoms with Crippen LogP contribution in [0, 0.1) is 0 Å². The molecule has 0 aliphatic carbocycles. The third-order valence-corrected chi connectivity index (χ3v) is 13.8. The van der Waals surface area contributed by atoms with E-state index in [4.69, 9.17) is 28.1 Å². The third kappa shape index (κ3) is 7.44. The number of hydrogen-bond acceptors (Lipinski definition) is 8. The number of carbonyl (C=O) groups excluding carboxylic acids is 2. The summed E-state index contributed by atoms with van der Waals surface area (Å²) in [7, 11) is 0.883. The van der Waals surface area contributed by atoms with Crippen LogP contribution in [0.15, 0.2) is 72.8 Å². The Kier molecular flexibility index (Phi) is 10.5. The van der Waals surface area contributed by atoms with Gasteiger partial charge in [0.25, 0.3) is 11.8 Å². The van der Waals surface area contributed by atoms with E-state index >= 15 is 4.39 Å². The molecule has 252 valence electrons. The third-order valence-electron chi connectivity index (χ3n) is 9.34. The second kappa shape index (κ2) is 14.2. The van der Waals surface area contributed by atoms with Crippen molar-refractivity contribution in [1.29, 1.82) is 0 Å². The number of imide groups is 1. The summed E-state index contributed by atoms with van der Waals surface area (Å²) in [6.45, 7) is 10.8. The van der Waals surface area contributed by atoms with E-state index < -0.39 is 50.8 Å². The molecule has 9 nitrogen and oxygen atoms in total. The molecule has 2 aliphatic heterocycles. The first-order valence-electron chi connectivity index (χ1n) is 15.7. The van der Waals surface area contributed by atoms with Gasteiger partial charge in [-0.05, 0) is 65.7 Å². The highest BCUT2D eigenvalue weighted by Gasteiger charge is 2.55. The van der Waals surface area contributed by atoms with Crippen molar-refractivity contribution >= 4 is 20.1 Å². The number of nitrogens with zero attached hydrogens (tertiary/aromatic N) is 1. The number of amides is 2. The number of halogens is 1. The number of carbonyl (C=O) groups is 2. The minimum atomic E-state index is -2.29. The van der Waals surface area contributed by atoms with Crippen molar-refractivity contribution in [2.75, 3.05) is 20.8 Å². The van der Waals surface area contributed by atoms with E-state index in [1.54, 1.807) is 50.6 Å². The smallest absolute Gasteiger partial charge is 0.262 e. The summed E-state index contributed by atoms with van der Waals surface area (Å²) >= 11 is 0. The standard InChI is InChI=1S/C36H44FNO8Si/c1-36(2,3)47(6,7)45-22-29-31(43-20-23-12-16-25(41-4)17-13-23)32(44-21-24-14-18-26(42-5)19-15-24)30(33(37)46-29)38-34(39)27-10-8-9-11-28(27)35(38)40/h8-19,29-33H,20-22H2,1-7H3/t29-,30-,31-,32-,33-/m1/s1. The molecule has 2 aliphatic rings. The number of ether oxygens (including phenoxy) is 5. The summed E-state index contributed by atoms with van der Waals surface area (Å²) < 4.78 is 52.6. The lowest BCUT2D eigenvalue weighted by molar-refractivity contribution is -0.263. The van der Waals surface area contributed by atoms with Crippen molar-refractivity contribution in [3.05, 3.63) is 95.1 Å². The van der Waals surface area contributed by atoms with Crippen molar-refractivity contribution in [2.45, 2.75) is 82.8 Å².